The topological polar surface area (TPSA) is 40.6 Å². The molecule has 0 saturated carbocycles. The van der Waals surface area contributed by atoms with Crippen molar-refractivity contribution in [2.75, 3.05) is 31.2 Å². The van der Waals surface area contributed by atoms with Crippen molar-refractivity contribution in [3.8, 4) is 0 Å². The van der Waals surface area contributed by atoms with Crippen LogP contribution in [0.4, 0.5) is 28.6 Å². The van der Waals surface area contributed by atoms with Gasteiger partial charge in [0.15, 0.2) is 4.98 Å². The van der Waals surface area contributed by atoms with Gasteiger partial charge >= 0.3 is 12.9 Å². The third-order valence-electron chi connectivity index (χ3n) is 2.40. The minimum absolute atomic E-state index is 0.469. The minimum atomic E-state index is -6.00. The van der Waals surface area contributed by atoms with E-state index in [1.165, 1.54) is 0 Å². The molecule has 0 amide bonds. The van der Waals surface area contributed by atoms with Gasteiger partial charge in [-0.2, -0.15) is 0 Å². The molecule has 0 N–H and O–H groups in total. The van der Waals surface area contributed by atoms with E-state index < -0.39 is 7.25 Å². The Labute approximate surface area is 118 Å². The molecule has 0 spiro atoms. The molecule has 0 unspecified atom stereocenters. The van der Waals surface area contributed by atoms with Crippen molar-refractivity contribution in [3.63, 3.8) is 0 Å². The van der Waals surface area contributed by atoms with Gasteiger partial charge in [0.1, 0.15) is 0 Å². The number of hydrogen-bond acceptors (Lipinski definition) is 3. The van der Waals surface area contributed by atoms with Crippen molar-refractivity contribution >= 4 is 30.2 Å². The molecule has 0 aliphatic carbocycles. The number of benzene rings is 1. The van der Waals surface area contributed by atoms with Crippen LogP contribution in [-0.2, 0) is 4.74 Å². The second-order valence-corrected chi connectivity index (χ2v) is 4.24. The fourth-order valence-electron chi connectivity index (χ4n) is 1.62. The second kappa shape index (κ2) is 7.31. The summed E-state index contributed by atoms with van der Waals surface area (Å²) in [6, 6.07) is 5.24. The van der Waals surface area contributed by atoms with Gasteiger partial charge in [-0.3, -0.25) is 0 Å². The molecule has 20 heavy (non-hydrogen) atoms. The van der Waals surface area contributed by atoms with E-state index in [9.17, 15) is 17.3 Å². The van der Waals surface area contributed by atoms with E-state index in [-0.39, 0.29) is 0 Å². The zero-order chi connectivity index (χ0) is 15.2. The van der Waals surface area contributed by atoms with Gasteiger partial charge in [-0.25, -0.2) is 0 Å². The zero-order valence-corrected chi connectivity index (χ0v) is 11.0. The summed E-state index contributed by atoms with van der Waals surface area (Å²) in [6.45, 7) is 3.13. The average molecular weight is 311 g/mol. The van der Waals surface area contributed by atoms with Crippen LogP contribution in [0.15, 0.2) is 18.2 Å². The van der Waals surface area contributed by atoms with Crippen molar-refractivity contribution in [1.82, 2.24) is 0 Å². The molecule has 0 bridgehead atoms. The number of nitrogens with zero attached hydrogens (tertiary/aromatic N) is 3. The third-order valence-corrected chi connectivity index (χ3v) is 2.70. The number of ether oxygens (including phenoxy) is 1. The Balaban J connectivity index is 0.000000347. The highest BCUT2D eigenvalue weighted by Crippen LogP contribution is 2.30. The summed E-state index contributed by atoms with van der Waals surface area (Å²) in [5, 5.41) is 9.20. The zero-order valence-electron chi connectivity index (χ0n) is 10.3. The van der Waals surface area contributed by atoms with Gasteiger partial charge in [0.25, 0.3) is 0 Å². The molecule has 1 aromatic carbocycles. The molecule has 10 heteroatoms. The summed E-state index contributed by atoms with van der Waals surface area (Å²) in [5.74, 6) is 0. The van der Waals surface area contributed by atoms with E-state index in [0.29, 0.717) is 10.7 Å². The van der Waals surface area contributed by atoms with Gasteiger partial charge in [0, 0.05) is 19.2 Å². The van der Waals surface area contributed by atoms with Crippen LogP contribution in [0.25, 0.3) is 4.98 Å². The summed E-state index contributed by atoms with van der Waals surface area (Å²) < 4.78 is 44.3. The molecule has 0 radical (unpaired) electrons. The van der Waals surface area contributed by atoms with E-state index in [4.69, 9.17) is 21.7 Å². The summed E-state index contributed by atoms with van der Waals surface area (Å²) in [6.07, 6.45) is 0. The number of morpholine rings is 1. The van der Waals surface area contributed by atoms with Gasteiger partial charge in [0.2, 0.25) is 5.39 Å². The highest BCUT2D eigenvalue weighted by atomic mass is 35.5. The largest absolute Gasteiger partial charge is 0.673 e. The van der Waals surface area contributed by atoms with Crippen molar-refractivity contribution in [2.24, 2.45) is 0 Å². The third kappa shape index (κ3) is 6.08. The smallest absolute Gasteiger partial charge is 0.418 e. The first-order valence-corrected chi connectivity index (χ1v) is 6.03. The highest BCUT2D eigenvalue weighted by molar-refractivity contribution is 6.50. The van der Waals surface area contributed by atoms with Crippen LogP contribution in [0, 0.1) is 5.39 Å². The summed E-state index contributed by atoms with van der Waals surface area (Å²) >= 11 is 6.09. The summed E-state index contributed by atoms with van der Waals surface area (Å²) in [7, 11) is -6.00. The van der Waals surface area contributed by atoms with E-state index in [2.05, 4.69) is 9.88 Å². The molecule has 1 aromatic rings. The standard InChI is InChI=1S/C10H11ClN3O.BF4/c11-9-7-8(13-12)1-2-10(9)14-3-5-15-6-4-14;2-1(3,4)5/h1-2,7H,3-6H2;/q+1;-1. The summed E-state index contributed by atoms with van der Waals surface area (Å²) in [4.78, 5) is 5.25. The lowest BCUT2D eigenvalue weighted by molar-refractivity contribution is 0.122. The molecule has 1 heterocycles. The molecule has 1 fully saturated rings. The Morgan fingerprint density at radius 3 is 2.20 bits per heavy atom. The maximum absolute atomic E-state index is 9.75. The molecule has 1 aliphatic rings. The van der Waals surface area contributed by atoms with Gasteiger partial charge in [-0.1, -0.05) is 11.6 Å². The monoisotopic (exact) mass is 311 g/mol. The molecule has 4 nitrogen and oxygen atoms in total. The predicted octanol–water partition coefficient (Wildman–Crippen LogP) is 3.96. The number of rotatable bonds is 1. The van der Waals surface area contributed by atoms with Crippen molar-refractivity contribution in [3.05, 3.63) is 28.2 Å². The number of diazo groups is 1. The number of hydrogen-bond donors (Lipinski definition) is 0. The average Bonchev–Trinajstić information content (AvgIpc) is 2.37. The van der Waals surface area contributed by atoms with Crippen molar-refractivity contribution in [1.29, 1.82) is 5.39 Å². The fourth-order valence-corrected chi connectivity index (χ4v) is 1.91. The number of halogens is 5. The molecular formula is C10H11BClF4N3O. The fraction of sp³-hybridized carbons (Fsp3) is 0.400. The van der Waals surface area contributed by atoms with Gasteiger partial charge in [-0.05, 0) is 6.07 Å². The van der Waals surface area contributed by atoms with Gasteiger partial charge in [0.05, 0.1) is 30.0 Å². The van der Waals surface area contributed by atoms with E-state index in [0.717, 1.165) is 32.0 Å². The Morgan fingerprint density at radius 2 is 1.75 bits per heavy atom. The van der Waals surface area contributed by atoms with Crippen LogP contribution in [0.2, 0.25) is 5.02 Å². The first-order chi connectivity index (χ1) is 9.31. The minimum Gasteiger partial charge on any atom is -0.418 e. The predicted molar refractivity (Wildman–Crippen MR) is 69.4 cm³/mol. The first kappa shape index (κ1) is 16.5. The lowest BCUT2D eigenvalue weighted by Gasteiger charge is -2.29. The Kier molecular flexibility index (Phi) is 6.04. The van der Waals surface area contributed by atoms with Crippen molar-refractivity contribution in [2.45, 2.75) is 0 Å². The van der Waals surface area contributed by atoms with E-state index in [1.807, 2.05) is 6.07 Å². The van der Waals surface area contributed by atoms with Crippen molar-refractivity contribution < 1.29 is 22.0 Å². The lowest BCUT2D eigenvalue weighted by Crippen LogP contribution is -2.36. The SMILES string of the molecule is F[B-](F)(F)F.N#[N+]c1ccc(N2CCOCC2)c(Cl)c1. The van der Waals surface area contributed by atoms with Crippen LogP contribution in [0.3, 0.4) is 0 Å². The molecule has 0 atom stereocenters. The maximum atomic E-state index is 9.75. The molecule has 1 aliphatic heterocycles. The van der Waals surface area contributed by atoms with Crippen LogP contribution in [-0.4, -0.2) is 33.6 Å². The Hall–Kier alpha value is -1.53. The molecule has 0 aromatic heterocycles. The highest BCUT2D eigenvalue weighted by Gasteiger charge is 2.20. The van der Waals surface area contributed by atoms with Gasteiger partial charge < -0.3 is 26.9 Å². The normalized spacial score (nSPS) is 15.1. The molecular weight excluding hydrogens is 300 g/mol. The molecule has 2 rings (SSSR count). The van der Waals surface area contributed by atoms with E-state index >= 15 is 0 Å². The quantitative estimate of drug-likeness (QED) is 0.448. The maximum Gasteiger partial charge on any atom is 0.673 e. The second-order valence-electron chi connectivity index (χ2n) is 3.83. The summed E-state index contributed by atoms with van der Waals surface area (Å²) in [5.41, 5.74) is 1.43. The Morgan fingerprint density at radius 1 is 1.20 bits per heavy atom. The molecule has 110 valence electrons. The van der Waals surface area contributed by atoms with Crippen LogP contribution in [0.1, 0.15) is 0 Å². The van der Waals surface area contributed by atoms with E-state index in [1.54, 1.807) is 12.1 Å². The van der Waals surface area contributed by atoms with Crippen LogP contribution < -0.4 is 4.90 Å². The van der Waals surface area contributed by atoms with Crippen LogP contribution >= 0.6 is 11.6 Å². The van der Waals surface area contributed by atoms with Gasteiger partial charge in [-0.15, -0.1) is 0 Å². The lowest BCUT2D eigenvalue weighted by atomic mass is 10.2. The molecule has 1 saturated heterocycles. The Bertz CT molecular complexity index is 482. The number of anilines is 1. The van der Waals surface area contributed by atoms with Crippen LogP contribution in [0.5, 0.6) is 0 Å². The first-order valence-electron chi connectivity index (χ1n) is 5.66.